The van der Waals surface area contributed by atoms with E-state index in [0.717, 1.165) is 17.8 Å². The van der Waals surface area contributed by atoms with Crippen LogP contribution in [0.15, 0.2) is 0 Å². The van der Waals surface area contributed by atoms with Crippen LogP contribution in [-0.2, 0) is 11.1 Å². The molecule has 4 rings (SSSR count). The van der Waals surface area contributed by atoms with Crippen LogP contribution in [0.25, 0.3) is 0 Å². The summed E-state index contributed by atoms with van der Waals surface area (Å²) in [6, 6.07) is 0. The summed E-state index contributed by atoms with van der Waals surface area (Å²) < 4.78 is 32.8. The van der Waals surface area contributed by atoms with Crippen molar-refractivity contribution in [3.05, 3.63) is 0 Å². The molecule has 4 aliphatic carbocycles. The van der Waals surface area contributed by atoms with Gasteiger partial charge in [0.15, 0.2) is 11.1 Å². The molecule has 4 bridgehead atoms. The zero-order valence-corrected chi connectivity index (χ0v) is 11.4. The molecule has 0 aromatic carbocycles. The number of hydrogen-bond donors (Lipinski definition) is 2. The SMILES string of the molecule is O=S(O)C[C@@H](F)CNC12CC3CC(CC(C3)C1)C2. The number of rotatable bonds is 5. The van der Waals surface area contributed by atoms with E-state index in [1.54, 1.807) is 0 Å². The lowest BCUT2D eigenvalue weighted by Gasteiger charge is -2.57. The first-order valence-corrected chi connectivity index (χ1v) is 8.29. The van der Waals surface area contributed by atoms with Gasteiger partial charge in [0.1, 0.15) is 6.17 Å². The third-order valence-corrected chi connectivity index (χ3v) is 5.71. The van der Waals surface area contributed by atoms with Gasteiger partial charge in [0.25, 0.3) is 0 Å². The van der Waals surface area contributed by atoms with Gasteiger partial charge in [-0.2, -0.15) is 0 Å². The highest BCUT2D eigenvalue weighted by Gasteiger charge is 2.50. The molecule has 104 valence electrons. The minimum atomic E-state index is -2.02. The molecule has 3 nitrogen and oxygen atoms in total. The van der Waals surface area contributed by atoms with Crippen molar-refractivity contribution >= 4 is 11.1 Å². The Hall–Kier alpha value is -0.0000000000000000486. The minimum absolute atomic E-state index is 0.149. The van der Waals surface area contributed by atoms with Crippen molar-refractivity contribution < 1.29 is 13.2 Å². The Morgan fingerprint density at radius 3 is 2.17 bits per heavy atom. The zero-order chi connectivity index (χ0) is 12.8. The Balaban J connectivity index is 1.57. The lowest BCUT2D eigenvalue weighted by molar-refractivity contribution is -0.0216. The van der Waals surface area contributed by atoms with E-state index in [0.29, 0.717) is 0 Å². The van der Waals surface area contributed by atoms with Crippen molar-refractivity contribution in [3.63, 3.8) is 0 Å². The topological polar surface area (TPSA) is 49.3 Å². The predicted octanol–water partition coefficient (Wildman–Crippen LogP) is 2.10. The van der Waals surface area contributed by atoms with Crippen LogP contribution in [-0.4, -0.2) is 32.8 Å². The molecular weight excluding hydrogens is 253 g/mol. The molecule has 0 aromatic heterocycles. The number of hydrogen-bond acceptors (Lipinski definition) is 2. The van der Waals surface area contributed by atoms with E-state index >= 15 is 0 Å². The van der Waals surface area contributed by atoms with Crippen molar-refractivity contribution in [1.29, 1.82) is 0 Å². The molecule has 2 atom stereocenters. The maximum Gasteiger partial charge on any atom is 0.155 e. The summed E-state index contributed by atoms with van der Waals surface area (Å²) in [6.45, 7) is 0.235. The number of nitrogens with one attached hydrogen (secondary N) is 1. The third-order valence-electron chi connectivity index (χ3n) is 5.06. The standard InChI is InChI=1S/C13H22FNO2S/c14-12(8-18(16)17)7-15-13-4-9-1-10(5-13)3-11(2-9)6-13/h9-12,15H,1-8H2,(H,16,17)/t9?,10?,11?,12-,13?/m0/s1. The van der Waals surface area contributed by atoms with Gasteiger partial charge in [-0.1, -0.05) is 0 Å². The van der Waals surface area contributed by atoms with E-state index < -0.39 is 17.3 Å². The Bertz CT molecular complexity index is 315. The van der Waals surface area contributed by atoms with Crippen LogP contribution in [0.3, 0.4) is 0 Å². The van der Waals surface area contributed by atoms with Crippen molar-refractivity contribution in [2.75, 3.05) is 12.3 Å². The summed E-state index contributed by atoms with van der Waals surface area (Å²) in [6.07, 6.45) is 6.49. The van der Waals surface area contributed by atoms with Gasteiger partial charge < -0.3 is 9.87 Å². The molecule has 4 aliphatic rings. The smallest absolute Gasteiger partial charge is 0.155 e. The molecule has 18 heavy (non-hydrogen) atoms. The van der Waals surface area contributed by atoms with Gasteiger partial charge in [0, 0.05) is 12.1 Å². The van der Waals surface area contributed by atoms with Crippen LogP contribution < -0.4 is 5.32 Å². The molecule has 4 saturated carbocycles. The molecule has 4 fully saturated rings. The minimum Gasteiger partial charge on any atom is -0.308 e. The van der Waals surface area contributed by atoms with Crippen molar-refractivity contribution in [3.8, 4) is 0 Å². The third kappa shape index (κ3) is 2.63. The van der Waals surface area contributed by atoms with Gasteiger partial charge in [-0.15, -0.1) is 0 Å². The fraction of sp³-hybridized carbons (Fsp3) is 1.00. The number of alkyl halides is 1. The molecule has 0 radical (unpaired) electrons. The van der Waals surface area contributed by atoms with Crippen molar-refractivity contribution in [1.82, 2.24) is 5.32 Å². The molecule has 0 amide bonds. The molecule has 0 aromatic rings. The van der Waals surface area contributed by atoms with Crippen molar-refractivity contribution in [2.45, 2.75) is 50.2 Å². The van der Waals surface area contributed by atoms with E-state index in [-0.39, 0.29) is 17.8 Å². The van der Waals surface area contributed by atoms with Crippen LogP contribution in [0.4, 0.5) is 4.39 Å². The average Bonchev–Trinajstić information content (AvgIpc) is 2.23. The summed E-state index contributed by atoms with van der Waals surface area (Å²) in [5.74, 6) is 2.26. The first-order chi connectivity index (χ1) is 8.55. The van der Waals surface area contributed by atoms with Gasteiger partial charge in [-0.25, -0.2) is 8.60 Å². The second kappa shape index (κ2) is 4.84. The Morgan fingerprint density at radius 1 is 1.22 bits per heavy atom. The van der Waals surface area contributed by atoms with Gasteiger partial charge >= 0.3 is 0 Å². The van der Waals surface area contributed by atoms with Crippen molar-refractivity contribution in [2.24, 2.45) is 17.8 Å². The molecule has 0 heterocycles. The summed E-state index contributed by atoms with van der Waals surface area (Å²) in [5.41, 5.74) is 0.149. The Kier molecular flexibility index (Phi) is 3.49. The highest BCUT2D eigenvalue weighted by molar-refractivity contribution is 7.79. The lowest BCUT2D eigenvalue weighted by Crippen LogP contribution is -2.59. The summed E-state index contributed by atoms with van der Waals surface area (Å²) in [5, 5.41) is 3.41. The summed E-state index contributed by atoms with van der Waals surface area (Å²) in [4.78, 5) is 0. The molecule has 2 N–H and O–H groups in total. The monoisotopic (exact) mass is 275 g/mol. The number of halogens is 1. The molecule has 0 saturated heterocycles. The highest BCUT2D eigenvalue weighted by atomic mass is 32.2. The first kappa shape index (κ1) is 13.0. The van der Waals surface area contributed by atoms with E-state index in [9.17, 15) is 8.60 Å². The normalized spacial score (nSPS) is 45.1. The zero-order valence-electron chi connectivity index (χ0n) is 10.6. The predicted molar refractivity (Wildman–Crippen MR) is 69.4 cm³/mol. The maximum atomic E-state index is 13.5. The highest BCUT2D eigenvalue weighted by Crippen LogP contribution is 2.55. The fourth-order valence-corrected chi connectivity index (χ4v) is 5.30. The largest absolute Gasteiger partial charge is 0.308 e. The Labute approximate surface area is 110 Å². The molecular formula is C13H22FNO2S. The molecule has 5 heteroatoms. The Morgan fingerprint density at radius 2 is 1.72 bits per heavy atom. The quantitative estimate of drug-likeness (QED) is 0.756. The average molecular weight is 275 g/mol. The second-order valence-electron chi connectivity index (χ2n) is 6.66. The van der Waals surface area contributed by atoms with Gasteiger partial charge in [-0.05, 0) is 56.3 Å². The lowest BCUT2D eigenvalue weighted by atomic mass is 9.53. The van der Waals surface area contributed by atoms with Crippen LogP contribution in [0.5, 0.6) is 0 Å². The maximum absolute atomic E-state index is 13.5. The summed E-state index contributed by atoms with van der Waals surface area (Å²) >= 11 is -2.02. The van der Waals surface area contributed by atoms with E-state index in [2.05, 4.69) is 5.32 Å². The van der Waals surface area contributed by atoms with E-state index in [1.807, 2.05) is 0 Å². The van der Waals surface area contributed by atoms with E-state index in [4.69, 9.17) is 4.55 Å². The first-order valence-electron chi connectivity index (χ1n) is 7.01. The van der Waals surface area contributed by atoms with Gasteiger partial charge in [0.05, 0.1) is 5.75 Å². The van der Waals surface area contributed by atoms with Gasteiger partial charge in [-0.3, -0.25) is 0 Å². The summed E-state index contributed by atoms with van der Waals surface area (Å²) in [7, 11) is 0. The molecule has 0 aliphatic heterocycles. The van der Waals surface area contributed by atoms with Crippen LogP contribution in [0.1, 0.15) is 38.5 Å². The molecule has 0 spiro atoms. The second-order valence-corrected chi connectivity index (χ2v) is 7.64. The van der Waals surface area contributed by atoms with Crippen LogP contribution in [0.2, 0.25) is 0 Å². The van der Waals surface area contributed by atoms with Gasteiger partial charge in [0.2, 0.25) is 0 Å². The fourth-order valence-electron chi connectivity index (χ4n) is 4.87. The molecule has 1 unspecified atom stereocenters. The van der Waals surface area contributed by atoms with Crippen LogP contribution >= 0.6 is 0 Å². The van der Waals surface area contributed by atoms with Crippen LogP contribution in [0, 0.1) is 17.8 Å². The van der Waals surface area contributed by atoms with E-state index in [1.165, 1.54) is 38.5 Å².